The highest BCUT2D eigenvalue weighted by Crippen LogP contribution is 2.47. The van der Waals surface area contributed by atoms with Gasteiger partial charge in [-0.15, -0.1) is 11.3 Å². The van der Waals surface area contributed by atoms with Crippen molar-refractivity contribution < 1.29 is 38.2 Å². The number of oxazole rings is 1. The normalized spacial score (nSPS) is 21.1. The number of halogens is 1. The lowest BCUT2D eigenvalue weighted by molar-refractivity contribution is -0.134. The number of carboxylic acid groups (broad SMARTS) is 1. The molecule has 2 aromatic heterocycles. The highest BCUT2D eigenvalue weighted by atomic mass is 35.5. The molecule has 1 aliphatic carbocycles. The largest absolute Gasteiger partial charge is 0.483 e. The summed E-state index contributed by atoms with van der Waals surface area (Å²) >= 11 is 9.53. The van der Waals surface area contributed by atoms with Crippen LogP contribution in [-0.4, -0.2) is 96.2 Å². The van der Waals surface area contributed by atoms with Crippen LogP contribution in [0.25, 0.3) is 32.3 Å². The fourth-order valence-corrected chi connectivity index (χ4v) is 13.1. The Balaban J connectivity index is 0.757. The maximum absolute atomic E-state index is 12.8. The minimum absolute atomic E-state index is 0.0200. The molecule has 346 valence electrons. The molecule has 2 amide bonds. The molecule has 3 N–H and O–H groups in total. The molecule has 2 bridgehead atoms. The van der Waals surface area contributed by atoms with Crippen LogP contribution in [-0.2, 0) is 20.1 Å². The average Bonchev–Trinajstić information content (AvgIpc) is 3.93. The molecule has 6 aromatic rings. The first-order valence-electron chi connectivity index (χ1n) is 22.7. The summed E-state index contributed by atoms with van der Waals surface area (Å²) in [5, 5.41) is 18.0. The number of rotatable bonds is 15. The Morgan fingerprint density at radius 1 is 1.06 bits per heavy atom. The van der Waals surface area contributed by atoms with Crippen LogP contribution in [0.15, 0.2) is 77.2 Å². The monoisotopic (exact) mass is 960 g/mol. The molecule has 17 heteroatoms. The Morgan fingerprint density at radius 2 is 1.90 bits per heavy atom. The number of piperidine rings is 4. The molecule has 0 spiro atoms. The summed E-state index contributed by atoms with van der Waals surface area (Å²) in [7, 11) is 1.85. The SMILES string of the molecule is CN(c1ccc(C2CCN(c3nc4cc(CSN5CC6CCC5CC6Nc5cccc(-c6sc(C(=O)O)c(OCC=O)c6Cl)c5)ccc4o3)CC2)c2cccc(C=O)c12)C1CCC(=O)NC1=O. The Kier molecular flexibility index (Phi) is 12.7. The molecule has 67 heavy (non-hydrogen) atoms. The van der Waals surface area contributed by atoms with Gasteiger partial charge in [-0.1, -0.05) is 66.0 Å². The predicted molar refractivity (Wildman–Crippen MR) is 262 cm³/mol. The predicted octanol–water partition coefficient (Wildman–Crippen LogP) is 9.19. The molecule has 4 unspecified atom stereocenters. The molecule has 4 aliphatic heterocycles. The lowest BCUT2D eigenvalue weighted by atomic mass is 9.77. The number of fused-ring (bicyclic) bond motifs is 5. The Morgan fingerprint density at radius 3 is 2.66 bits per heavy atom. The third-order valence-electron chi connectivity index (χ3n) is 13.9. The number of imide groups is 1. The smallest absolute Gasteiger partial charge is 0.349 e. The number of nitrogens with one attached hydrogen (secondary N) is 2. The Labute approximate surface area is 400 Å². The molecule has 11 rings (SSSR count). The van der Waals surface area contributed by atoms with Crippen LogP contribution in [0.4, 0.5) is 17.4 Å². The fourth-order valence-electron chi connectivity index (χ4n) is 10.5. The van der Waals surface area contributed by atoms with E-state index in [1.165, 1.54) is 11.1 Å². The average molecular weight is 962 g/mol. The second-order valence-corrected chi connectivity index (χ2v) is 20.2. The molecule has 6 heterocycles. The minimum Gasteiger partial charge on any atom is -0.483 e. The third kappa shape index (κ3) is 8.87. The van der Waals surface area contributed by atoms with E-state index in [2.05, 4.69) is 44.1 Å². The van der Waals surface area contributed by atoms with Gasteiger partial charge in [-0.2, -0.15) is 4.98 Å². The van der Waals surface area contributed by atoms with E-state index in [9.17, 15) is 29.1 Å². The lowest BCUT2D eigenvalue weighted by Gasteiger charge is -2.49. The Bertz CT molecular complexity index is 2910. The molecule has 14 nitrogen and oxygen atoms in total. The number of anilines is 3. The number of aldehydes is 2. The number of thiophene rings is 1. The molecule has 4 saturated heterocycles. The summed E-state index contributed by atoms with van der Waals surface area (Å²) in [5.74, 6) is -0.166. The van der Waals surface area contributed by atoms with Crippen LogP contribution in [0.5, 0.6) is 5.75 Å². The molecular weight excluding hydrogens is 912 g/mol. The van der Waals surface area contributed by atoms with Gasteiger partial charge in [0.15, 0.2) is 28.8 Å². The van der Waals surface area contributed by atoms with E-state index in [0.29, 0.717) is 47.2 Å². The molecule has 5 fully saturated rings. The number of nitrogens with zero attached hydrogens (tertiary/aromatic N) is 4. The molecule has 5 aliphatic rings. The number of carboxylic acids is 1. The molecule has 4 aromatic carbocycles. The maximum Gasteiger partial charge on any atom is 0.349 e. The van der Waals surface area contributed by atoms with Crippen LogP contribution < -0.4 is 25.2 Å². The summed E-state index contributed by atoms with van der Waals surface area (Å²) in [4.78, 5) is 69.5. The number of aromatic carboxylic acids is 1. The van der Waals surface area contributed by atoms with Crippen LogP contribution in [0.1, 0.15) is 82.0 Å². The highest BCUT2D eigenvalue weighted by molar-refractivity contribution is 7.96. The molecular formula is C50H49ClN6O8S2. The molecule has 4 atom stereocenters. The van der Waals surface area contributed by atoms with Crippen molar-refractivity contribution in [3.8, 4) is 16.2 Å². The third-order valence-corrected chi connectivity index (χ3v) is 16.8. The Hall–Kier alpha value is -5.94. The number of amides is 2. The second-order valence-electron chi connectivity index (χ2n) is 17.8. The van der Waals surface area contributed by atoms with Crippen LogP contribution in [0, 0.1) is 5.92 Å². The van der Waals surface area contributed by atoms with Crippen molar-refractivity contribution in [2.24, 2.45) is 5.92 Å². The number of hydrogen-bond donors (Lipinski definition) is 3. The van der Waals surface area contributed by atoms with E-state index in [0.717, 1.165) is 114 Å². The van der Waals surface area contributed by atoms with Crippen molar-refractivity contribution in [1.82, 2.24) is 14.6 Å². The quantitative estimate of drug-likeness (QED) is 0.0505. The lowest BCUT2D eigenvalue weighted by Crippen LogP contribution is -2.53. The molecule has 1 saturated carbocycles. The van der Waals surface area contributed by atoms with Gasteiger partial charge in [-0.25, -0.2) is 9.10 Å². The van der Waals surface area contributed by atoms with E-state index >= 15 is 0 Å². The number of ether oxygens (including phenoxy) is 1. The van der Waals surface area contributed by atoms with Gasteiger partial charge in [-0.3, -0.25) is 24.5 Å². The first-order chi connectivity index (χ1) is 32.6. The number of likely N-dealkylation sites (N-methyl/N-ethyl adjacent to an activating group) is 1. The first-order valence-corrected chi connectivity index (χ1v) is 24.8. The summed E-state index contributed by atoms with van der Waals surface area (Å²) in [6, 6.07) is 25.0. The zero-order valence-corrected chi connectivity index (χ0v) is 39.1. The zero-order chi connectivity index (χ0) is 46.3. The second kappa shape index (κ2) is 19.0. The van der Waals surface area contributed by atoms with Crippen molar-refractivity contribution in [3.63, 3.8) is 0 Å². The van der Waals surface area contributed by atoms with E-state index in [1.54, 1.807) is 0 Å². The number of carbonyl (C=O) groups excluding carboxylic acids is 4. The summed E-state index contributed by atoms with van der Waals surface area (Å²) in [6.45, 7) is 2.23. The van der Waals surface area contributed by atoms with Crippen LogP contribution >= 0.6 is 34.9 Å². The van der Waals surface area contributed by atoms with Gasteiger partial charge in [0.25, 0.3) is 6.01 Å². The van der Waals surface area contributed by atoms with E-state index < -0.39 is 12.0 Å². The van der Waals surface area contributed by atoms with Gasteiger partial charge in [-0.05, 0) is 103 Å². The summed E-state index contributed by atoms with van der Waals surface area (Å²) < 4.78 is 14.3. The minimum atomic E-state index is -1.15. The van der Waals surface area contributed by atoms with Gasteiger partial charge in [0.1, 0.15) is 23.2 Å². The van der Waals surface area contributed by atoms with Crippen LogP contribution in [0.3, 0.4) is 0 Å². The topological polar surface area (TPSA) is 175 Å². The number of aromatic nitrogens is 1. The van der Waals surface area contributed by atoms with E-state index in [1.807, 2.05) is 72.4 Å². The first kappa shape index (κ1) is 44.9. The number of benzene rings is 4. The summed E-state index contributed by atoms with van der Waals surface area (Å²) in [6.07, 6.45) is 7.20. The fraction of sp³-hybridized carbons (Fsp3) is 0.360. The van der Waals surface area contributed by atoms with Crippen molar-refractivity contribution in [1.29, 1.82) is 0 Å². The molecule has 0 radical (unpaired) electrons. The van der Waals surface area contributed by atoms with E-state index in [4.69, 9.17) is 25.7 Å². The van der Waals surface area contributed by atoms with E-state index in [-0.39, 0.29) is 46.4 Å². The van der Waals surface area contributed by atoms with Crippen molar-refractivity contribution in [2.75, 3.05) is 48.4 Å². The van der Waals surface area contributed by atoms with Gasteiger partial charge in [0, 0.05) is 73.3 Å². The highest BCUT2D eigenvalue weighted by Gasteiger charge is 2.41. The van der Waals surface area contributed by atoms with Gasteiger partial charge < -0.3 is 29.4 Å². The van der Waals surface area contributed by atoms with Gasteiger partial charge >= 0.3 is 5.97 Å². The standard InChI is InChI=1S/C50H49ClN6O8S2/c1-55(40-13-15-42(60)54-48(40)61)39-12-11-35(36-7-3-5-32(26-59)43(36)39)29-16-18-56(19-17-29)50-53-38-22-28(8-14-41(38)65-50)27-66-57-25-31-9-10-34(57)24-37(31)52-33-6-2-4-30(23-33)46-44(51)45(64-21-20-58)47(67-46)49(62)63/h2-8,11-12,14,20,22-23,26,29,31,34,37,40,52H,9-10,13,15-19,21,24-25,27H2,1H3,(H,62,63)(H,54,60,61). The number of hydrogen-bond acceptors (Lipinski definition) is 14. The summed E-state index contributed by atoms with van der Waals surface area (Å²) in [5.41, 5.74) is 7.07. The van der Waals surface area contributed by atoms with Crippen LogP contribution in [0.2, 0.25) is 5.02 Å². The van der Waals surface area contributed by atoms with Crippen molar-refractivity contribution >= 4 is 105 Å². The zero-order valence-electron chi connectivity index (χ0n) is 36.7. The van der Waals surface area contributed by atoms with Gasteiger partial charge in [0.05, 0.1) is 4.88 Å². The van der Waals surface area contributed by atoms with Crippen molar-refractivity contribution in [2.45, 2.75) is 74.7 Å². The van der Waals surface area contributed by atoms with Gasteiger partial charge in [0.2, 0.25) is 11.8 Å². The number of carbonyl (C=O) groups is 5. The maximum atomic E-state index is 12.8. The van der Waals surface area contributed by atoms with Crippen molar-refractivity contribution in [3.05, 3.63) is 99.4 Å².